The molecule has 6 nitrogen and oxygen atoms in total. The van der Waals surface area contributed by atoms with E-state index in [2.05, 4.69) is 20.9 Å². The minimum absolute atomic E-state index is 0.269. The number of anilines is 2. The number of urea groups is 1. The smallest absolute Gasteiger partial charge is 0.318 e. The molecule has 0 saturated heterocycles. The van der Waals surface area contributed by atoms with Crippen LogP contribution in [0.2, 0.25) is 4.34 Å². The molecule has 0 aliphatic carbocycles. The molecule has 2 aromatic heterocycles. The van der Waals surface area contributed by atoms with Gasteiger partial charge < -0.3 is 16.0 Å². The number of carbonyl (C=O) groups is 2. The monoisotopic (exact) mass is 436 g/mol. The van der Waals surface area contributed by atoms with E-state index in [-0.39, 0.29) is 11.9 Å². The molecule has 0 atom stereocenters. The van der Waals surface area contributed by atoms with Crippen molar-refractivity contribution in [2.75, 3.05) is 17.7 Å². The van der Waals surface area contributed by atoms with E-state index >= 15 is 0 Å². The average molecular weight is 437 g/mol. The number of thiophene rings is 1. The number of aromatic nitrogens is 1. The summed E-state index contributed by atoms with van der Waals surface area (Å²) in [6.45, 7) is 0. The first kappa shape index (κ1) is 19.9. The second kappa shape index (κ2) is 8.52. The summed E-state index contributed by atoms with van der Waals surface area (Å²) in [7, 11) is 1.54. The molecule has 4 rings (SSSR count). The van der Waals surface area contributed by atoms with Gasteiger partial charge in [0.1, 0.15) is 0 Å². The quantitative estimate of drug-likeness (QED) is 0.388. The highest BCUT2D eigenvalue weighted by molar-refractivity contribution is 7.19. The van der Waals surface area contributed by atoms with E-state index in [0.717, 1.165) is 15.8 Å². The predicted molar refractivity (Wildman–Crippen MR) is 123 cm³/mol. The molecule has 3 amide bonds. The SMILES string of the molecule is CNC(=O)Nc1cccc(NC(=O)c2cc(-c3ccc(Cl)s3)nc3ccccc23)c1. The zero-order chi connectivity index (χ0) is 21.1. The summed E-state index contributed by atoms with van der Waals surface area (Å²) < 4.78 is 0.659. The number of pyridine rings is 1. The van der Waals surface area contributed by atoms with Crippen LogP contribution in [0.5, 0.6) is 0 Å². The van der Waals surface area contributed by atoms with Crippen LogP contribution in [-0.2, 0) is 0 Å². The Bertz CT molecular complexity index is 1250. The summed E-state index contributed by atoms with van der Waals surface area (Å²) in [4.78, 5) is 30.2. The minimum Gasteiger partial charge on any atom is -0.341 e. The third-order valence-corrected chi connectivity index (χ3v) is 5.65. The van der Waals surface area contributed by atoms with Gasteiger partial charge in [-0.3, -0.25) is 4.79 Å². The van der Waals surface area contributed by atoms with Gasteiger partial charge >= 0.3 is 6.03 Å². The lowest BCUT2D eigenvalue weighted by atomic mass is 10.1. The molecule has 30 heavy (non-hydrogen) atoms. The first-order valence-electron chi connectivity index (χ1n) is 9.09. The normalized spacial score (nSPS) is 10.6. The van der Waals surface area contributed by atoms with Gasteiger partial charge in [-0.2, -0.15) is 0 Å². The third-order valence-electron chi connectivity index (χ3n) is 4.39. The lowest BCUT2D eigenvalue weighted by Crippen LogP contribution is -2.24. The summed E-state index contributed by atoms with van der Waals surface area (Å²) in [6, 6.07) is 19.6. The van der Waals surface area contributed by atoms with Crippen molar-refractivity contribution in [2.45, 2.75) is 0 Å². The fraction of sp³-hybridized carbons (Fsp3) is 0.0455. The predicted octanol–water partition coefficient (Wildman–Crippen LogP) is 5.62. The van der Waals surface area contributed by atoms with Gasteiger partial charge in [-0.25, -0.2) is 9.78 Å². The van der Waals surface area contributed by atoms with E-state index in [1.54, 1.807) is 30.3 Å². The van der Waals surface area contributed by atoms with Crippen molar-refractivity contribution in [1.82, 2.24) is 10.3 Å². The third kappa shape index (κ3) is 4.27. The van der Waals surface area contributed by atoms with Crippen molar-refractivity contribution >= 4 is 57.2 Å². The maximum atomic E-state index is 13.1. The maximum Gasteiger partial charge on any atom is 0.318 e. The van der Waals surface area contributed by atoms with E-state index in [0.29, 0.717) is 27.0 Å². The summed E-state index contributed by atoms with van der Waals surface area (Å²) >= 11 is 7.49. The van der Waals surface area contributed by atoms with Crippen LogP contribution in [0.4, 0.5) is 16.2 Å². The van der Waals surface area contributed by atoms with Crippen LogP contribution in [0.15, 0.2) is 66.7 Å². The maximum absolute atomic E-state index is 13.1. The summed E-state index contributed by atoms with van der Waals surface area (Å²) in [5, 5.41) is 8.83. The van der Waals surface area contributed by atoms with Crippen LogP contribution in [0.1, 0.15) is 10.4 Å². The molecule has 4 aromatic rings. The number of hydrogen-bond donors (Lipinski definition) is 3. The lowest BCUT2D eigenvalue weighted by Gasteiger charge is -2.11. The molecule has 0 saturated carbocycles. The van der Waals surface area contributed by atoms with Gasteiger partial charge in [-0.15, -0.1) is 11.3 Å². The topological polar surface area (TPSA) is 83.1 Å². The van der Waals surface area contributed by atoms with Crippen molar-refractivity contribution in [3.8, 4) is 10.6 Å². The molecule has 0 bridgehead atoms. The van der Waals surface area contributed by atoms with Crippen LogP contribution in [0.25, 0.3) is 21.5 Å². The van der Waals surface area contributed by atoms with E-state index in [4.69, 9.17) is 11.6 Å². The van der Waals surface area contributed by atoms with Crippen molar-refractivity contribution < 1.29 is 9.59 Å². The number of fused-ring (bicyclic) bond motifs is 1. The van der Waals surface area contributed by atoms with Crippen molar-refractivity contribution in [2.24, 2.45) is 0 Å². The standard InChI is InChI=1S/C22H17ClN4O2S/c1-24-22(29)26-14-6-4-5-13(11-14)25-21(28)16-12-18(19-9-10-20(23)30-19)27-17-8-3-2-7-15(16)17/h2-12H,1H3,(H,25,28)(H2,24,26,29). The van der Waals surface area contributed by atoms with Gasteiger partial charge in [-0.1, -0.05) is 35.9 Å². The molecule has 150 valence electrons. The van der Waals surface area contributed by atoms with Crippen molar-refractivity contribution in [3.63, 3.8) is 0 Å². The molecule has 0 aliphatic heterocycles. The zero-order valence-corrected chi connectivity index (χ0v) is 17.5. The van der Waals surface area contributed by atoms with Gasteiger partial charge in [0.25, 0.3) is 5.91 Å². The fourth-order valence-corrected chi connectivity index (χ4v) is 4.01. The Labute approximate surface area is 181 Å². The number of amides is 3. The minimum atomic E-state index is -0.335. The number of halogens is 1. The number of nitrogens with zero attached hydrogens (tertiary/aromatic N) is 1. The molecule has 0 fully saturated rings. The van der Waals surface area contributed by atoms with Gasteiger partial charge in [-0.05, 0) is 42.5 Å². The van der Waals surface area contributed by atoms with Gasteiger partial charge in [0.2, 0.25) is 0 Å². The summed E-state index contributed by atoms with van der Waals surface area (Å²) in [5.74, 6) is -0.269. The van der Waals surface area contributed by atoms with Crippen LogP contribution in [-0.4, -0.2) is 24.0 Å². The van der Waals surface area contributed by atoms with E-state index in [1.165, 1.54) is 18.4 Å². The van der Waals surface area contributed by atoms with Crippen molar-refractivity contribution in [1.29, 1.82) is 0 Å². The highest BCUT2D eigenvalue weighted by Crippen LogP contribution is 2.32. The molecule has 0 unspecified atom stereocenters. The van der Waals surface area contributed by atoms with Crippen molar-refractivity contribution in [3.05, 3.63) is 76.6 Å². The summed E-state index contributed by atoms with van der Waals surface area (Å²) in [6.07, 6.45) is 0. The number of carbonyl (C=O) groups excluding carboxylic acids is 2. The Hall–Kier alpha value is -3.42. The molecule has 3 N–H and O–H groups in total. The molecule has 2 heterocycles. The Morgan fingerprint density at radius 3 is 2.43 bits per heavy atom. The second-order valence-corrected chi connectivity index (χ2v) is 8.13. The van der Waals surface area contributed by atoms with Crippen LogP contribution < -0.4 is 16.0 Å². The Balaban J connectivity index is 1.69. The molecular formula is C22H17ClN4O2S. The summed E-state index contributed by atoms with van der Waals surface area (Å²) in [5.41, 5.74) is 3.05. The molecule has 0 aliphatic rings. The highest BCUT2D eigenvalue weighted by atomic mass is 35.5. The molecular weight excluding hydrogens is 420 g/mol. The average Bonchev–Trinajstić information content (AvgIpc) is 3.19. The fourth-order valence-electron chi connectivity index (χ4n) is 3.01. The van der Waals surface area contributed by atoms with Gasteiger partial charge in [0.15, 0.2) is 0 Å². The van der Waals surface area contributed by atoms with Gasteiger partial charge in [0.05, 0.1) is 26.0 Å². The lowest BCUT2D eigenvalue weighted by molar-refractivity contribution is 0.102. The van der Waals surface area contributed by atoms with E-state index in [9.17, 15) is 9.59 Å². The Morgan fingerprint density at radius 2 is 1.70 bits per heavy atom. The van der Waals surface area contributed by atoms with Crippen LogP contribution >= 0.6 is 22.9 Å². The van der Waals surface area contributed by atoms with E-state index in [1.807, 2.05) is 36.4 Å². The van der Waals surface area contributed by atoms with Crippen LogP contribution in [0.3, 0.4) is 0 Å². The Kier molecular flexibility index (Phi) is 5.65. The second-order valence-electron chi connectivity index (χ2n) is 6.42. The zero-order valence-electron chi connectivity index (χ0n) is 15.9. The first-order chi connectivity index (χ1) is 14.5. The number of hydrogen-bond acceptors (Lipinski definition) is 4. The van der Waals surface area contributed by atoms with Gasteiger partial charge in [0, 0.05) is 23.8 Å². The molecule has 2 aromatic carbocycles. The largest absolute Gasteiger partial charge is 0.341 e. The first-order valence-corrected chi connectivity index (χ1v) is 10.3. The molecule has 8 heteroatoms. The number of para-hydroxylation sites is 1. The molecule has 0 spiro atoms. The number of nitrogens with one attached hydrogen (secondary N) is 3. The number of benzene rings is 2. The molecule has 0 radical (unpaired) electrons. The highest BCUT2D eigenvalue weighted by Gasteiger charge is 2.15. The number of rotatable bonds is 4. The van der Waals surface area contributed by atoms with Crippen LogP contribution in [0, 0.1) is 0 Å². The van der Waals surface area contributed by atoms with E-state index < -0.39 is 0 Å². The Morgan fingerprint density at radius 1 is 0.933 bits per heavy atom.